The summed E-state index contributed by atoms with van der Waals surface area (Å²) < 4.78 is 0. The molecule has 1 aliphatic heterocycles. The lowest BCUT2D eigenvalue weighted by molar-refractivity contribution is -0.133. The first-order valence-corrected chi connectivity index (χ1v) is 5.33. The van der Waals surface area contributed by atoms with E-state index < -0.39 is 0 Å². The molecule has 0 aromatic rings. The smallest absolute Gasteiger partial charge is 0.222 e. The molecule has 1 saturated heterocycles. The summed E-state index contributed by atoms with van der Waals surface area (Å²) in [7, 11) is 0. The number of piperidine rings is 1. The fraction of sp³-hybridized carbons (Fsp3) is 0.818. The molecule has 80 valence electrons. The predicted octanol–water partition coefficient (Wildman–Crippen LogP) is 1.61. The van der Waals surface area contributed by atoms with E-state index in [9.17, 15) is 9.59 Å². The van der Waals surface area contributed by atoms with Crippen molar-refractivity contribution < 1.29 is 9.59 Å². The highest BCUT2D eigenvalue weighted by Gasteiger charge is 2.30. The molecule has 14 heavy (non-hydrogen) atoms. The normalized spacial score (nSPS) is 20.6. The van der Waals surface area contributed by atoms with Gasteiger partial charge in [0.15, 0.2) is 0 Å². The van der Waals surface area contributed by atoms with Crippen molar-refractivity contribution in [2.24, 2.45) is 5.41 Å². The Balaban J connectivity index is 2.45. The van der Waals surface area contributed by atoms with E-state index in [0.29, 0.717) is 12.8 Å². The topological polar surface area (TPSA) is 37.4 Å². The minimum absolute atomic E-state index is 0.131. The Kier molecular flexibility index (Phi) is 3.67. The molecule has 0 saturated carbocycles. The third-order valence-corrected chi connectivity index (χ3v) is 3.20. The molecule has 1 aliphatic rings. The van der Waals surface area contributed by atoms with Crippen LogP contribution in [0.5, 0.6) is 0 Å². The molecule has 0 radical (unpaired) electrons. The minimum atomic E-state index is 0.131. The van der Waals surface area contributed by atoms with Crippen molar-refractivity contribution in [1.29, 1.82) is 0 Å². The van der Waals surface area contributed by atoms with Crippen LogP contribution in [0.25, 0.3) is 0 Å². The van der Waals surface area contributed by atoms with E-state index in [4.69, 9.17) is 0 Å². The van der Waals surface area contributed by atoms with Gasteiger partial charge in [-0.1, -0.05) is 13.8 Å². The van der Waals surface area contributed by atoms with Gasteiger partial charge in [-0.25, -0.2) is 0 Å². The SMILES string of the molecule is CCC(=O)N1CCC(C)(CC=O)CC1. The van der Waals surface area contributed by atoms with Crippen LogP contribution in [0.1, 0.15) is 39.5 Å². The maximum absolute atomic E-state index is 11.4. The fourth-order valence-electron chi connectivity index (χ4n) is 1.92. The minimum Gasteiger partial charge on any atom is -0.343 e. The van der Waals surface area contributed by atoms with Gasteiger partial charge in [-0.15, -0.1) is 0 Å². The molecule has 0 aromatic carbocycles. The Bertz CT molecular complexity index is 217. The van der Waals surface area contributed by atoms with Crippen molar-refractivity contribution in [2.75, 3.05) is 13.1 Å². The molecule has 1 amide bonds. The van der Waals surface area contributed by atoms with Crippen molar-refractivity contribution in [2.45, 2.75) is 39.5 Å². The number of rotatable bonds is 3. The van der Waals surface area contributed by atoms with Gasteiger partial charge in [-0.2, -0.15) is 0 Å². The molecule has 0 unspecified atom stereocenters. The van der Waals surface area contributed by atoms with Gasteiger partial charge in [0.2, 0.25) is 5.91 Å². The molecular weight excluding hydrogens is 178 g/mol. The molecular formula is C11H19NO2. The van der Waals surface area contributed by atoms with E-state index in [-0.39, 0.29) is 11.3 Å². The second-order valence-electron chi connectivity index (χ2n) is 4.42. The summed E-state index contributed by atoms with van der Waals surface area (Å²) in [4.78, 5) is 23.8. The van der Waals surface area contributed by atoms with Gasteiger partial charge in [0, 0.05) is 25.9 Å². The number of likely N-dealkylation sites (tertiary alicyclic amines) is 1. The lowest BCUT2D eigenvalue weighted by Gasteiger charge is -2.38. The monoisotopic (exact) mass is 197 g/mol. The van der Waals surface area contributed by atoms with Crippen LogP contribution in [-0.4, -0.2) is 30.2 Å². The van der Waals surface area contributed by atoms with Gasteiger partial charge in [0.25, 0.3) is 0 Å². The Morgan fingerprint density at radius 3 is 2.43 bits per heavy atom. The highest BCUT2D eigenvalue weighted by Crippen LogP contribution is 2.33. The fourth-order valence-corrected chi connectivity index (χ4v) is 1.92. The molecule has 0 N–H and O–H groups in total. The van der Waals surface area contributed by atoms with Crippen molar-refractivity contribution >= 4 is 12.2 Å². The third kappa shape index (κ3) is 2.56. The lowest BCUT2D eigenvalue weighted by atomic mass is 9.78. The molecule has 0 bridgehead atoms. The van der Waals surface area contributed by atoms with E-state index in [0.717, 1.165) is 32.2 Å². The number of aldehydes is 1. The molecule has 1 rings (SSSR count). The summed E-state index contributed by atoms with van der Waals surface area (Å²) in [6.07, 6.45) is 4.12. The summed E-state index contributed by atoms with van der Waals surface area (Å²) in [6, 6.07) is 0. The van der Waals surface area contributed by atoms with Crippen LogP contribution in [0.3, 0.4) is 0 Å². The van der Waals surface area contributed by atoms with Gasteiger partial charge >= 0.3 is 0 Å². The number of nitrogens with zero attached hydrogens (tertiary/aromatic N) is 1. The van der Waals surface area contributed by atoms with Crippen LogP contribution in [-0.2, 0) is 9.59 Å². The van der Waals surface area contributed by atoms with E-state index in [2.05, 4.69) is 6.92 Å². The van der Waals surface area contributed by atoms with Gasteiger partial charge in [-0.05, 0) is 18.3 Å². The average Bonchev–Trinajstić information content (AvgIpc) is 2.18. The largest absolute Gasteiger partial charge is 0.343 e. The van der Waals surface area contributed by atoms with Crippen molar-refractivity contribution in [1.82, 2.24) is 4.90 Å². The zero-order valence-electron chi connectivity index (χ0n) is 9.08. The standard InChI is InChI=1S/C11H19NO2/c1-3-10(14)12-7-4-11(2,5-8-12)6-9-13/h9H,3-8H2,1-2H3. The third-order valence-electron chi connectivity index (χ3n) is 3.20. The van der Waals surface area contributed by atoms with Crippen LogP contribution < -0.4 is 0 Å². The molecule has 1 heterocycles. The molecule has 0 spiro atoms. The van der Waals surface area contributed by atoms with E-state index in [1.807, 2.05) is 11.8 Å². The predicted molar refractivity (Wildman–Crippen MR) is 54.9 cm³/mol. The van der Waals surface area contributed by atoms with E-state index in [1.54, 1.807) is 0 Å². The second kappa shape index (κ2) is 4.58. The van der Waals surface area contributed by atoms with Crippen molar-refractivity contribution in [3.63, 3.8) is 0 Å². The first kappa shape index (κ1) is 11.2. The van der Waals surface area contributed by atoms with Gasteiger partial charge in [-0.3, -0.25) is 4.79 Å². The molecule has 1 fully saturated rings. The summed E-state index contributed by atoms with van der Waals surface area (Å²) in [6.45, 7) is 5.66. The number of carbonyl (C=O) groups excluding carboxylic acids is 2. The summed E-state index contributed by atoms with van der Waals surface area (Å²) in [5.41, 5.74) is 0.131. The van der Waals surface area contributed by atoms with Crippen LogP contribution >= 0.6 is 0 Å². The van der Waals surface area contributed by atoms with Crippen molar-refractivity contribution in [3.8, 4) is 0 Å². The van der Waals surface area contributed by atoms with Crippen molar-refractivity contribution in [3.05, 3.63) is 0 Å². The molecule has 0 atom stereocenters. The molecule has 3 heteroatoms. The lowest BCUT2D eigenvalue weighted by Crippen LogP contribution is -2.41. The number of amides is 1. The Morgan fingerprint density at radius 2 is 2.00 bits per heavy atom. The molecule has 0 aliphatic carbocycles. The summed E-state index contributed by atoms with van der Waals surface area (Å²) in [5, 5.41) is 0. The number of hydrogen-bond acceptors (Lipinski definition) is 2. The van der Waals surface area contributed by atoms with Gasteiger partial charge in [0.05, 0.1) is 0 Å². The second-order valence-corrected chi connectivity index (χ2v) is 4.42. The highest BCUT2D eigenvalue weighted by molar-refractivity contribution is 5.75. The number of carbonyl (C=O) groups is 2. The summed E-state index contributed by atoms with van der Waals surface area (Å²) >= 11 is 0. The van der Waals surface area contributed by atoms with Crippen LogP contribution in [0.15, 0.2) is 0 Å². The Hall–Kier alpha value is -0.860. The molecule has 0 aromatic heterocycles. The first-order valence-electron chi connectivity index (χ1n) is 5.33. The zero-order valence-corrected chi connectivity index (χ0v) is 9.08. The number of hydrogen-bond donors (Lipinski definition) is 0. The van der Waals surface area contributed by atoms with Gasteiger partial charge in [0.1, 0.15) is 6.29 Å². The van der Waals surface area contributed by atoms with E-state index >= 15 is 0 Å². The zero-order chi connectivity index (χ0) is 10.6. The highest BCUT2D eigenvalue weighted by atomic mass is 16.2. The van der Waals surface area contributed by atoms with Crippen LogP contribution in [0.4, 0.5) is 0 Å². The van der Waals surface area contributed by atoms with Crippen LogP contribution in [0, 0.1) is 5.41 Å². The average molecular weight is 197 g/mol. The summed E-state index contributed by atoms with van der Waals surface area (Å²) in [5.74, 6) is 0.234. The Morgan fingerprint density at radius 1 is 1.43 bits per heavy atom. The molecule has 3 nitrogen and oxygen atoms in total. The first-order chi connectivity index (χ1) is 6.61. The maximum atomic E-state index is 11.4. The van der Waals surface area contributed by atoms with Crippen LogP contribution in [0.2, 0.25) is 0 Å². The Labute approximate surface area is 85.5 Å². The van der Waals surface area contributed by atoms with Gasteiger partial charge < -0.3 is 9.69 Å². The maximum Gasteiger partial charge on any atom is 0.222 e. The quantitative estimate of drug-likeness (QED) is 0.645. The van der Waals surface area contributed by atoms with E-state index in [1.165, 1.54) is 0 Å².